The van der Waals surface area contributed by atoms with Gasteiger partial charge in [0.1, 0.15) is 30.5 Å². The lowest BCUT2D eigenvalue weighted by molar-refractivity contribution is -0.302. The van der Waals surface area contributed by atoms with Gasteiger partial charge in [0.05, 0.1) is 25.4 Å². The molecule has 66 heavy (non-hydrogen) atoms. The Labute approximate surface area is 405 Å². The summed E-state index contributed by atoms with van der Waals surface area (Å²) in [6, 6.07) is -0.994. The van der Waals surface area contributed by atoms with Gasteiger partial charge in [0.15, 0.2) is 6.29 Å². The predicted molar refractivity (Wildman–Crippen MR) is 273 cm³/mol. The second-order valence-corrected chi connectivity index (χ2v) is 19.9. The fraction of sp³-hybridized carbons (Fsp3) is 0.911. The van der Waals surface area contributed by atoms with E-state index < -0.39 is 61.5 Å². The van der Waals surface area contributed by atoms with Crippen LogP contribution in [0.2, 0.25) is 0 Å². The van der Waals surface area contributed by atoms with Crippen molar-refractivity contribution in [2.75, 3.05) is 13.2 Å². The van der Waals surface area contributed by atoms with E-state index >= 15 is 0 Å². The summed E-state index contributed by atoms with van der Waals surface area (Å²) >= 11 is 0. The number of hydrogen-bond donors (Lipinski definition) is 7. The number of nitrogens with one attached hydrogen (secondary N) is 1. The lowest BCUT2D eigenvalue weighted by atomic mass is 9.99. The Hall–Kier alpha value is -1.37. The molecule has 1 aliphatic rings. The largest absolute Gasteiger partial charge is 0.394 e. The van der Waals surface area contributed by atoms with Crippen molar-refractivity contribution in [2.45, 2.75) is 313 Å². The Morgan fingerprint density at radius 3 is 1.32 bits per heavy atom. The zero-order valence-electron chi connectivity index (χ0n) is 42.8. The normalized spacial score (nSPS) is 20.4. The van der Waals surface area contributed by atoms with Crippen LogP contribution in [0.25, 0.3) is 0 Å². The molecule has 10 nitrogen and oxygen atoms in total. The van der Waals surface area contributed by atoms with Crippen molar-refractivity contribution < 1.29 is 44.9 Å². The van der Waals surface area contributed by atoms with Gasteiger partial charge in [-0.25, -0.2) is 0 Å². The first-order valence-electron chi connectivity index (χ1n) is 28.2. The molecular formula is C56H107NO9. The van der Waals surface area contributed by atoms with Crippen LogP contribution < -0.4 is 5.32 Å². The second-order valence-electron chi connectivity index (χ2n) is 19.9. The van der Waals surface area contributed by atoms with Crippen molar-refractivity contribution in [3.05, 3.63) is 24.3 Å². The van der Waals surface area contributed by atoms with E-state index in [0.717, 1.165) is 38.5 Å². The fourth-order valence-corrected chi connectivity index (χ4v) is 9.06. The molecule has 7 N–H and O–H groups in total. The smallest absolute Gasteiger partial charge is 0.249 e. The summed E-state index contributed by atoms with van der Waals surface area (Å²) in [6.45, 7) is 3.63. The molecule has 8 unspecified atom stereocenters. The van der Waals surface area contributed by atoms with Crippen LogP contribution in [0, 0.1) is 0 Å². The third-order valence-corrected chi connectivity index (χ3v) is 13.6. The average Bonchev–Trinajstić information content (AvgIpc) is 3.32. The van der Waals surface area contributed by atoms with Gasteiger partial charge in [0.25, 0.3) is 0 Å². The number of aliphatic hydroxyl groups is 6. The first kappa shape index (κ1) is 62.6. The molecular weight excluding hydrogens is 831 g/mol. The third-order valence-electron chi connectivity index (χ3n) is 13.6. The van der Waals surface area contributed by atoms with Crippen LogP contribution >= 0.6 is 0 Å². The summed E-state index contributed by atoms with van der Waals surface area (Å²) in [7, 11) is 0. The molecule has 0 aromatic rings. The third kappa shape index (κ3) is 34.8. The number of unbranched alkanes of at least 4 members (excludes halogenated alkanes) is 35. The van der Waals surface area contributed by atoms with Crippen molar-refractivity contribution in [3.8, 4) is 0 Å². The van der Waals surface area contributed by atoms with Gasteiger partial charge >= 0.3 is 0 Å². The number of rotatable bonds is 48. The lowest BCUT2D eigenvalue weighted by Gasteiger charge is -2.40. The molecule has 1 rings (SSSR count). The zero-order valence-corrected chi connectivity index (χ0v) is 42.8. The molecule has 0 spiro atoms. The molecule has 1 fully saturated rings. The van der Waals surface area contributed by atoms with Gasteiger partial charge in [-0.2, -0.15) is 0 Å². The molecule has 0 aliphatic carbocycles. The Bertz CT molecular complexity index is 1110. The van der Waals surface area contributed by atoms with Crippen LogP contribution in [0.3, 0.4) is 0 Å². The summed E-state index contributed by atoms with van der Waals surface area (Å²) < 4.78 is 11.2. The maximum Gasteiger partial charge on any atom is 0.249 e. The minimum atomic E-state index is -1.61. The number of hydrogen-bond acceptors (Lipinski definition) is 9. The predicted octanol–water partition coefficient (Wildman–Crippen LogP) is 12.4. The number of ether oxygens (including phenoxy) is 2. The molecule has 8 atom stereocenters. The van der Waals surface area contributed by atoms with Gasteiger partial charge in [-0.05, 0) is 32.1 Å². The lowest BCUT2D eigenvalue weighted by Crippen LogP contribution is -2.60. The van der Waals surface area contributed by atoms with Crippen molar-refractivity contribution in [1.29, 1.82) is 0 Å². The van der Waals surface area contributed by atoms with E-state index in [4.69, 9.17) is 9.47 Å². The standard InChI is InChI=1S/C56H107NO9/c1-3-5-7-9-11-13-15-17-19-21-22-23-24-25-26-27-29-31-33-35-37-39-41-43-45-50(60)55(64)57-48(47-65-56-54(63)53(62)52(61)51(46-58)66-56)49(59)44-42-40-38-36-34-32-30-28-20-18-16-14-12-10-8-6-4-2/h34,36,42,44,48-54,56,58-63H,3-33,35,37-41,43,45-47H2,1-2H3,(H,57,64)/b36-34+,44-42+. The molecule has 1 amide bonds. The Balaban J connectivity index is 2.28. The van der Waals surface area contributed by atoms with E-state index in [0.29, 0.717) is 12.8 Å². The Kier molecular flexibility index (Phi) is 43.7. The van der Waals surface area contributed by atoms with Gasteiger partial charge in [0.2, 0.25) is 5.91 Å². The highest BCUT2D eigenvalue weighted by Gasteiger charge is 2.44. The van der Waals surface area contributed by atoms with E-state index in [1.807, 2.05) is 6.08 Å². The molecule has 0 aromatic carbocycles. The van der Waals surface area contributed by atoms with Crippen LogP contribution in [0.1, 0.15) is 264 Å². The first-order valence-corrected chi connectivity index (χ1v) is 28.2. The van der Waals surface area contributed by atoms with Crippen LogP contribution in [0.5, 0.6) is 0 Å². The van der Waals surface area contributed by atoms with Gasteiger partial charge in [-0.15, -0.1) is 0 Å². The molecule has 0 saturated carbocycles. The molecule has 0 radical (unpaired) electrons. The Morgan fingerprint density at radius 2 is 0.894 bits per heavy atom. The SMILES string of the molecule is CCCCCCCCCCCCC/C=C/CC/C=C/C(O)C(COC1OC(CO)C(O)C(O)C1O)NC(=O)C(O)CCCCCCCCCCCCCCCCCCCCCCCCCC. The highest BCUT2D eigenvalue weighted by molar-refractivity contribution is 5.80. The summed E-state index contributed by atoms with van der Waals surface area (Å²) in [4.78, 5) is 13.1. The molecule has 1 aliphatic heterocycles. The van der Waals surface area contributed by atoms with E-state index in [2.05, 4.69) is 31.3 Å². The van der Waals surface area contributed by atoms with Gasteiger partial charge in [-0.1, -0.05) is 256 Å². The molecule has 390 valence electrons. The zero-order chi connectivity index (χ0) is 48.1. The maximum atomic E-state index is 13.1. The number of allylic oxidation sites excluding steroid dienone is 3. The van der Waals surface area contributed by atoms with Crippen molar-refractivity contribution >= 4 is 5.91 Å². The topological polar surface area (TPSA) is 169 Å². The number of carbonyl (C=O) groups excluding carboxylic acids is 1. The molecule has 10 heteroatoms. The van der Waals surface area contributed by atoms with E-state index in [1.54, 1.807) is 6.08 Å². The summed E-state index contributed by atoms with van der Waals surface area (Å²) in [5, 5.41) is 65.0. The summed E-state index contributed by atoms with van der Waals surface area (Å²) in [5.41, 5.74) is 0. The van der Waals surface area contributed by atoms with Crippen LogP contribution in [0.15, 0.2) is 24.3 Å². The van der Waals surface area contributed by atoms with Gasteiger partial charge in [0, 0.05) is 0 Å². The fourth-order valence-electron chi connectivity index (χ4n) is 9.06. The molecule has 1 saturated heterocycles. The first-order chi connectivity index (χ1) is 32.3. The average molecular weight is 938 g/mol. The molecule has 0 bridgehead atoms. The second kappa shape index (κ2) is 46.0. The van der Waals surface area contributed by atoms with E-state index in [-0.39, 0.29) is 6.61 Å². The number of aliphatic hydroxyl groups excluding tert-OH is 6. The molecule has 0 aromatic heterocycles. The quantitative estimate of drug-likeness (QED) is 0.0232. The highest BCUT2D eigenvalue weighted by atomic mass is 16.7. The Morgan fingerprint density at radius 1 is 0.515 bits per heavy atom. The van der Waals surface area contributed by atoms with E-state index in [9.17, 15) is 35.4 Å². The van der Waals surface area contributed by atoms with Crippen molar-refractivity contribution in [2.24, 2.45) is 0 Å². The highest BCUT2D eigenvalue weighted by Crippen LogP contribution is 2.23. The maximum absolute atomic E-state index is 13.1. The summed E-state index contributed by atoms with van der Waals surface area (Å²) in [6.07, 6.45) is 47.1. The van der Waals surface area contributed by atoms with Gasteiger partial charge in [-0.3, -0.25) is 4.79 Å². The van der Waals surface area contributed by atoms with Crippen molar-refractivity contribution in [1.82, 2.24) is 5.32 Å². The van der Waals surface area contributed by atoms with Crippen molar-refractivity contribution in [3.63, 3.8) is 0 Å². The summed E-state index contributed by atoms with van der Waals surface area (Å²) in [5.74, 6) is -0.621. The monoisotopic (exact) mass is 938 g/mol. The minimum absolute atomic E-state index is 0.308. The molecule has 1 heterocycles. The minimum Gasteiger partial charge on any atom is -0.394 e. The van der Waals surface area contributed by atoms with Gasteiger partial charge < -0.3 is 45.4 Å². The van der Waals surface area contributed by atoms with E-state index in [1.165, 1.54) is 199 Å². The number of carbonyl (C=O) groups is 1. The number of amides is 1. The van der Waals surface area contributed by atoms with Crippen LogP contribution in [-0.2, 0) is 14.3 Å². The van der Waals surface area contributed by atoms with Crippen LogP contribution in [-0.4, -0.2) is 98.7 Å². The van der Waals surface area contributed by atoms with Crippen LogP contribution in [0.4, 0.5) is 0 Å².